The van der Waals surface area contributed by atoms with Crippen LogP contribution < -0.4 is 0 Å². The maximum atomic E-state index is 13.1. The average Bonchev–Trinajstić information content (AvgIpc) is 2.95. The predicted octanol–water partition coefficient (Wildman–Crippen LogP) is 2.05. The largest absolute Gasteiger partial charge is 0.389 e. The number of rotatable bonds is 3. The number of fused-ring (bicyclic) bond motifs is 1. The molecule has 1 aliphatic heterocycles. The second-order valence-corrected chi connectivity index (χ2v) is 6.03. The van der Waals surface area contributed by atoms with Crippen molar-refractivity contribution in [3.63, 3.8) is 0 Å². The zero-order valence-electron chi connectivity index (χ0n) is 12.9. The Kier molecular flexibility index (Phi) is 3.54. The molecule has 122 valence electrons. The number of aromatic nitrogens is 2. The summed E-state index contributed by atoms with van der Waals surface area (Å²) in [6.45, 7) is 1.01. The molecule has 0 spiro atoms. The van der Waals surface area contributed by atoms with E-state index in [-0.39, 0.29) is 18.3 Å². The Bertz CT molecular complexity index is 898. The SMILES string of the molecule is O=C(Cn1ccc2ncc(-c3ccc(F)cc3)cc21)N1CC(O)C1. The summed E-state index contributed by atoms with van der Waals surface area (Å²) in [5.41, 5.74) is 3.40. The lowest BCUT2D eigenvalue weighted by Crippen LogP contribution is -2.54. The lowest BCUT2D eigenvalue weighted by molar-refractivity contribution is -0.141. The first kappa shape index (κ1) is 14.8. The van der Waals surface area contributed by atoms with Crippen LogP contribution in [0.2, 0.25) is 0 Å². The lowest BCUT2D eigenvalue weighted by atomic mass is 10.1. The molecule has 5 nitrogen and oxygen atoms in total. The third-order valence-electron chi connectivity index (χ3n) is 4.32. The molecule has 0 saturated carbocycles. The standard InChI is InChI=1S/C18H16FN3O2/c19-14-3-1-12(2-4-14)13-7-17-16(20-8-13)5-6-21(17)11-18(24)22-9-15(23)10-22/h1-8,15,23H,9-11H2. The smallest absolute Gasteiger partial charge is 0.242 e. The number of aliphatic hydroxyl groups is 1. The van der Waals surface area contributed by atoms with Gasteiger partial charge < -0.3 is 14.6 Å². The Morgan fingerprint density at radius 3 is 2.67 bits per heavy atom. The van der Waals surface area contributed by atoms with Gasteiger partial charge in [-0.1, -0.05) is 12.1 Å². The Balaban J connectivity index is 1.63. The van der Waals surface area contributed by atoms with E-state index < -0.39 is 6.10 Å². The molecule has 24 heavy (non-hydrogen) atoms. The van der Waals surface area contributed by atoms with Crippen molar-refractivity contribution in [3.05, 3.63) is 54.6 Å². The summed E-state index contributed by atoms with van der Waals surface area (Å²) >= 11 is 0. The number of hydrogen-bond acceptors (Lipinski definition) is 3. The van der Waals surface area contributed by atoms with Crippen LogP contribution in [0.15, 0.2) is 48.8 Å². The quantitative estimate of drug-likeness (QED) is 0.802. The average molecular weight is 325 g/mol. The minimum absolute atomic E-state index is 0.0232. The molecule has 3 aromatic rings. The fraction of sp³-hybridized carbons (Fsp3) is 0.222. The highest BCUT2D eigenvalue weighted by Crippen LogP contribution is 2.24. The number of carbonyl (C=O) groups is 1. The number of pyridine rings is 1. The maximum Gasteiger partial charge on any atom is 0.242 e. The van der Waals surface area contributed by atoms with Crippen LogP contribution in [-0.4, -0.2) is 44.7 Å². The molecule has 1 aromatic carbocycles. The Morgan fingerprint density at radius 1 is 1.21 bits per heavy atom. The molecule has 0 radical (unpaired) electrons. The van der Waals surface area contributed by atoms with Crippen LogP contribution >= 0.6 is 0 Å². The first-order valence-electron chi connectivity index (χ1n) is 7.77. The third-order valence-corrected chi connectivity index (χ3v) is 4.32. The molecular formula is C18H16FN3O2. The van der Waals surface area contributed by atoms with Crippen LogP contribution in [0.3, 0.4) is 0 Å². The van der Waals surface area contributed by atoms with Gasteiger partial charge in [-0.25, -0.2) is 4.39 Å². The normalized spacial score (nSPS) is 14.8. The molecule has 1 N–H and O–H groups in total. The third kappa shape index (κ3) is 2.65. The number of hydrogen-bond donors (Lipinski definition) is 1. The monoisotopic (exact) mass is 325 g/mol. The Hall–Kier alpha value is -2.73. The molecule has 3 heterocycles. The van der Waals surface area contributed by atoms with Crippen LogP contribution in [0.25, 0.3) is 22.2 Å². The van der Waals surface area contributed by atoms with Crippen molar-refractivity contribution in [1.82, 2.24) is 14.5 Å². The van der Waals surface area contributed by atoms with Crippen molar-refractivity contribution in [1.29, 1.82) is 0 Å². The van der Waals surface area contributed by atoms with Crippen molar-refractivity contribution in [2.45, 2.75) is 12.6 Å². The van der Waals surface area contributed by atoms with E-state index in [0.717, 1.165) is 22.2 Å². The molecule has 0 bridgehead atoms. The van der Waals surface area contributed by atoms with E-state index >= 15 is 0 Å². The van der Waals surface area contributed by atoms with Crippen LogP contribution in [0.1, 0.15) is 0 Å². The Labute approximate surface area is 138 Å². The van der Waals surface area contributed by atoms with Gasteiger partial charge in [-0.05, 0) is 29.8 Å². The van der Waals surface area contributed by atoms with Gasteiger partial charge in [0, 0.05) is 31.0 Å². The minimum Gasteiger partial charge on any atom is -0.389 e. The summed E-state index contributed by atoms with van der Waals surface area (Å²) in [5, 5.41) is 9.31. The zero-order chi connectivity index (χ0) is 16.7. The summed E-state index contributed by atoms with van der Waals surface area (Å²) in [4.78, 5) is 18.3. The van der Waals surface area contributed by atoms with E-state index in [9.17, 15) is 14.3 Å². The van der Waals surface area contributed by atoms with Crippen molar-refractivity contribution >= 4 is 16.9 Å². The van der Waals surface area contributed by atoms with Crippen molar-refractivity contribution < 1.29 is 14.3 Å². The molecule has 1 amide bonds. The summed E-state index contributed by atoms with van der Waals surface area (Å²) in [7, 11) is 0. The number of likely N-dealkylation sites (tertiary alicyclic amines) is 1. The molecule has 1 fully saturated rings. The van der Waals surface area contributed by atoms with Gasteiger partial charge in [0.1, 0.15) is 12.4 Å². The molecule has 0 unspecified atom stereocenters. The molecule has 6 heteroatoms. The lowest BCUT2D eigenvalue weighted by Gasteiger charge is -2.36. The highest BCUT2D eigenvalue weighted by molar-refractivity contribution is 5.84. The minimum atomic E-state index is -0.401. The number of carbonyl (C=O) groups excluding carboxylic acids is 1. The number of nitrogens with zero attached hydrogens (tertiary/aromatic N) is 3. The van der Waals surface area contributed by atoms with Crippen LogP contribution in [0.4, 0.5) is 4.39 Å². The van der Waals surface area contributed by atoms with Gasteiger partial charge in [0.05, 0.1) is 17.1 Å². The Morgan fingerprint density at radius 2 is 1.96 bits per heavy atom. The van der Waals surface area contributed by atoms with E-state index in [4.69, 9.17) is 0 Å². The highest BCUT2D eigenvalue weighted by atomic mass is 19.1. The number of β-amino-alcohol motifs (C(OH)–C–C–N with tert-alkyl or cyclic N) is 1. The van der Waals surface area contributed by atoms with E-state index in [1.54, 1.807) is 23.2 Å². The van der Waals surface area contributed by atoms with Gasteiger partial charge in [0.15, 0.2) is 0 Å². The highest BCUT2D eigenvalue weighted by Gasteiger charge is 2.28. The second-order valence-electron chi connectivity index (χ2n) is 6.03. The van der Waals surface area contributed by atoms with Gasteiger partial charge >= 0.3 is 0 Å². The number of halogens is 1. The van der Waals surface area contributed by atoms with Crippen LogP contribution in [0.5, 0.6) is 0 Å². The summed E-state index contributed by atoms with van der Waals surface area (Å²) in [5.74, 6) is -0.302. The second kappa shape index (κ2) is 5.72. The summed E-state index contributed by atoms with van der Waals surface area (Å²) in [6.07, 6.45) is 3.18. The van der Waals surface area contributed by atoms with Crippen molar-refractivity contribution in [2.24, 2.45) is 0 Å². The van der Waals surface area contributed by atoms with Crippen LogP contribution in [0, 0.1) is 5.82 Å². The molecule has 4 rings (SSSR count). The topological polar surface area (TPSA) is 58.4 Å². The van der Waals surface area contributed by atoms with Gasteiger partial charge in [-0.15, -0.1) is 0 Å². The fourth-order valence-corrected chi connectivity index (χ4v) is 2.91. The maximum absolute atomic E-state index is 13.1. The van der Waals surface area contributed by atoms with Gasteiger partial charge in [0.25, 0.3) is 0 Å². The van der Waals surface area contributed by atoms with Crippen molar-refractivity contribution in [2.75, 3.05) is 13.1 Å². The molecule has 0 aliphatic carbocycles. The molecular weight excluding hydrogens is 309 g/mol. The molecule has 0 atom stereocenters. The van der Waals surface area contributed by atoms with E-state index in [1.807, 2.05) is 22.9 Å². The van der Waals surface area contributed by atoms with E-state index in [0.29, 0.717) is 13.1 Å². The molecule has 2 aromatic heterocycles. The first-order chi connectivity index (χ1) is 11.6. The van der Waals surface area contributed by atoms with Gasteiger partial charge in [-0.2, -0.15) is 0 Å². The van der Waals surface area contributed by atoms with Gasteiger partial charge in [-0.3, -0.25) is 9.78 Å². The number of amides is 1. The van der Waals surface area contributed by atoms with Crippen molar-refractivity contribution in [3.8, 4) is 11.1 Å². The summed E-state index contributed by atoms with van der Waals surface area (Å²) in [6, 6.07) is 10.1. The number of benzene rings is 1. The molecule has 1 aliphatic rings. The van der Waals surface area contributed by atoms with Crippen LogP contribution in [-0.2, 0) is 11.3 Å². The van der Waals surface area contributed by atoms with E-state index in [2.05, 4.69) is 4.98 Å². The fourth-order valence-electron chi connectivity index (χ4n) is 2.91. The number of aliphatic hydroxyl groups excluding tert-OH is 1. The van der Waals surface area contributed by atoms with E-state index in [1.165, 1.54) is 12.1 Å². The summed E-state index contributed by atoms with van der Waals surface area (Å²) < 4.78 is 14.9. The predicted molar refractivity (Wildman–Crippen MR) is 87.7 cm³/mol. The van der Waals surface area contributed by atoms with Gasteiger partial charge in [0.2, 0.25) is 5.91 Å². The zero-order valence-corrected chi connectivity index (χ0v) is 12.9. The first-order valence-corrected chi connectivity index (χ1v) is 7.77. The molecule has 1 saturated heterocycles.